The summed E-state index contributed by atoms with van der Waals surface area (Å²) < 4.78 is 18.5. The standard InChI is InChI=1S/C22H44N4O3/c1-21(2,3)10-8-7-9-20-19-26(25-24-20)12-14-28-16-18-29-17-15-27-13-11-23-22(4,5)6/h19,23H,7-18H2,1-6H3. The number of unbranched alkanes of at least 4 members (excludes halogenated alkanes) is 1. The molecule has 1 rings (SSSR count). The Morgan fingerprint density at radius 3 is 2.10 bits per heavy atom. The van der Waals surface area contributed by atoms with E-state index in [2.05, 4.69) is 57.2 Å². The molecule has 0 saturated heterocycles. The Hall–Kier alpha value is -1.02. The molecule has 0 radical (unpaired) electrons. The van der Waals surface area contributed by atoms with E-state index in [0.717, 1.165) is 25.2 Å². The van der Waals surface area contributed by atoms with Gasteiger partial charge < -0.3 is 19.5 Å². The largest absolute Gasteiger partial charge is 0.378 e. The van der Waals surface area contributed by atoms with E-state index >= 15 is 0 Å². The van der Waals surface area contributed by atoms with Gasteiger partial charge in [0.15, 0.2) is 0 Å². The molecule has 1 N–H and O–H groups in total. The van der Waals surface area contributed by atoms with Crippen LogP contribution in [0.2, 0.25) is 0 Å². The van der Waals surface area contributed by atoms with Gasteiger partial charge in [-0.3, -0.25) is 0 Å². The maximum Gasteiger partial charge on any atom is 0.0827 e. The molecule has 0 aliphatic rings. The maximum absolute atomic E-state index is 5.60. The van der Waals surface area contributed by atoms with Crippen LogP contribution in [-0.2, 0) is 27.2 Å². The first kappa shape index (κ1) is 26.0. The monoisotopic (exact) mass is 412 g/mol. The van der Waals surface area contributed by atoms with Crippen molar-refractivity contribution in [2.75, 3.05) is 46.2 Å². The predicted octanol–water partition coefficient (Wildman–Crippen LogP) is 3.47. The molecule has 0 atom stereocenters. The third-order valence-electron chi connectivity index (χ3n) is 4.31. The van der Waals surface area contributed by atoms with Crippen molar-refractivity contribution in [3.8, 4) is 0 Å². The SMILES string of the molecule is CC(C)(C)CCCCc1cn(CCOCCOCCOCCNC(C)(C)C)nn1. The van der Waals surface area contributed by atoms with E-state index in [1.807, 2.05) is 10.9 Å². The second kappa shape index (κ2) is 14.1. The smallest absolute Gasteiger partial charge is 0.0827 e. The maximum atomic E-state index is 5.60. The minimum Gasteiger partial charge on any atom is -0.378 e. The van der Waals surface area contributed by atoms with Gasteiger partial charge in [0.25, 0.3) is 0 Å². The van der Waals surface area contributed by atoms with E-state index in [1.165, 1.54) is 19.3 Å². The van der Waals surface area contributed by atoms with Gasteiger partial charge in [-0.1, -0.05) is 32.4 Å². The number of ether oxygens (including phenoxy) is 3. The lowest BCUT2D eigenvalue weighted by Crippen LogP contribution is -2.38. The zero-order valence-electron chi connectivity index (χ0n) is 19.6. The Morgan fingerprint density at radius 2 is 1.48 bits per heavy atom. The quantitative estimate of drug-likeness (QED) is 0.419. The molecule has 170 valence electrons. The summed E-state index contributed by atoms with van der Waals surface area (Å²) in [5, 5.41) is 11.8. The molecule has 7 heteroatoms. The molecule has 1 aromatic rings. The van der Waals surface area contributed by atoms with Crippen molar-refractivity contribution < 1.29 is 14.2 Å². The fourth-order valence-electron chi connectivity index (χ4n) is 2.72. The van der Waals surface area contributed by atoms with Crippen molar-refractivity contribution in [2.45, 2.75) is 79.3 Å². The van der Waals surface area contributed by atoms with Crippen molar-refractivity contribution in [1.29, 1.82) is 0 Å². The average molecular weight is 413 g/mol. The van der Waals surface area contributed by atoms with Gasteiger partial charge in [0.2, 0.25) is 0 Å². The summed E-state index contributed by atoms with van der Waals surface area (Å²) in [7, 11) is 0. The lowest BCUT2D eigenvalue weighted by Gasteiger charge is -2.20. The van der Waals surface area contributed by atoms with E-state index in [9.17, 15) is 0 Å². The third kappa shape index (κ3) is 16.5. The Kier molecular flexibility index (Phi) is 12.6. The first-order valence-corrected chi connectivity index (χ1v) is 11.0. The van der Waals surface area contributed by atoms with Crippen LogP contribution in [0.25, 0.3) is 0 Å². The van der Waals surface area contributed by atoms with Crippen molar-refractivity contribution in [3.05, 3.63) is 11.9 Å². The number of hydrogen-bond acceptors (Lipinski definition) is 6. The summed E-state index contributed by atoms with van der Waals surface area (Å²) in [6, 6.07) is 0. The van der Waals surface area contributed by atoms with E-state index < -0.39 is 0 Å². The zero-order chi connectivity index (χ0) is 21.6. The van der Waals surface area contributed by atoms with Crippen molar-refractivity contribution in [2.24, 2.45) is 5.41 Å². The molecule has 0 unspecified atom stereocenters. The predicted molar refractivity (Wildman–Crippen MR) is 117 cm³/mol. The molecule has 0 amide bonds. The summed E-state index contributed by atoms with van der Waals surface area (Å²) in [6.07, 6.45) is 6.68. The minimum atomic E-state index is 0.136. The number of hydrogen-bond donors (Lipinski definition) is 1. The highest BCUT2D eigenvalue weighted by Crippen LogP contribution is 2.21. The van der Waals surface area contributed by atoms with E-state index in [-0.39, 0.29) is 5.54 Å². The van der Waals surface area contributed by atoms with Gasteiger partial charge in [-0.15, -0.1) is 5.10 Å². The average Bonchev–Trinajstić information content (AvgIpc) is 3.05. The van der Waals surface area contributed by atoms with Crippen LogP contribution >= 0.6 is 0 Å². The van der Waals surface area contributed by atoms with Crippen molar-refractivity contribution >= 4 is 0 Å². The number of nitrogens with zero attached hydrogens (tertiary/aromatic N) is 3. The molecule has 0 saturated carbocycles. The van der Waals surface area contributed by atoms with Gasteiger partial charge in [0.05, 0.1) is 51.9 Å². The number of nitrogens with one attached hydrogen (secondary N) is 1. The Balaban J connectivity index is 1.91. The van der Waals surface area contributed by atoms with E-state index in [0.29, 0.717) is 45.1 Å². The molecule has 0 aliphatic carbocycles. The van der Waals surface area contributed by atoms with Gasteiger partial charge in [-0.2, -0.15) is 0 Å². The molecule has 7 nitrogen and oxygen atoms in total. The van der Waals surface area contributed by atoms with Crippen molar-refractivity contribution in [1.82, 2.24) is 20.3 Å². The Labute approximate surface area is 177 Å². The van der Waals surface area contributed by atoms with Gasteiger partial charge in [0.1, 0.15) is 0 Å². The molecule has 0 fully saturated rings. The summed E-state index contributed by atoms with van der Waals surface area (Å²) in [4.78, 5) is 0. The molecule has 1 heterocycles. The van der Waals surface area contributed by atoms with Crippen LogP contribution in [0.15, 0.2) is 6.20 Å². The first-order chi connectivity index (χ1) is 13.7. The first-order valence-electron chi connectivity index (χ1n) is 11.0. The lowest BCUT2D eigenvalue weighted by atomic mass is 9.89. The Bertz CT molecular complexity index is 521. The van der Waals surface area contributed by atoms with Crippen LogP contribution < -0.4 is 5.32 Å². The highest BCUT2D eigenvalue weighted by atomic mass is 16.5. The highest BCUT2D eigenvalue weighted by molar-refractivity contribution is 4.92. The summed E-state index contributed by atoms with van der Waals surface area (Å²) in [6.45, 7) is 18.6. The van der Waals surface area contributed by atoms with Gasteiger partial charge >= 0.3 is 0 Å². The summed E-state index contributed by atoms with van der Waals surface area (Å²) in [5.41, 5.74) is 1.62. The fourth-order valence-corrected chi connectivity index (χ4v) is 2.72. The molecular formula is C22H44N4O3. The molecule has 29 heavy (non-hydrogen) atoms. The van der Waals surface area contributed by atoms with Crippen LogP contribution in [0, 0.1) is 5.41 Å². The fraction of sp³-hybridized carbons (Fsp3) is 0.909. The Morgan fingerprint density at radius 1 is 0.862 bits per heavy atom. The molecule has 0 spiro atoms. The second-order valence-corrected chi connectivity index (χ2v) is 9.75. The van der Waals surface area contributed by atoms with Crippen LogP contribution in [-0.4, -0.2) is 66.7 Å². The highest BCUT2D eigenvalue weighted by Gasteiger charge is 2.09. The number of rotatable bonds is 16. The van der Waals surface area contributed by atoms with Crippen molar-refractivity contribution in [3.63, 3.8) is 0 Å². The number of aryl methyl sites for hydroxylation is 1. The van der Waals surface area contributed by atoms with E-state index in [1.54, 1.807) is 0 Å². The molecule has 0 bridgehead atoms. The molecule has 0 aliphatic heterocycles. The minimum absolute atomic E-state index is 0.136. The van der Waals surface area contributed by atoms with Gasteiger partial charge in [0, 0.05) is 18.3 Å². The van der Waals surface area contributed by atoms with Crippen LogP contribution in [0.1, 0.15) is 66.5 Å². The van der Waals surface area contributed by atoms with Crippen LogP contribution in [0.5, 0.6) is 0 Å². The zero-order valence-corrected chi connectivity index (χ0v) is 19.6. The molecule has 1 aromatic heterocycles. The third-order valence-corrected chi connectivity index (χ3v) is 4.31. The topological polar surface area (TPSA) is 70.4 Å². The second-order valence-electron chi connectivity index (χ2n) is 9.75. The summed E-state index contributed by atoms with van der Waals surface area (Å²) in [5.74, 6) is 0. The summed E-state index contributed by atoms with van der Waals surface area (Å²) >= 11 is 0. The molecule has 0 aromatic carbocycles. The van der Waals surface area contributed by atoms with E-state index in [4.69, 9.17) is 14.2 Å². The van der Waals surface area contributed by atoms with Crippen LogP contribution in [0.4, 0.5) is 0 Å². The molecular weight excluding hydrogens is 368 g/mol. The van der Waals surface area contributed by atoms with Gasteiger partial charge in [-0.25, -0.2) is 4.68 Å². The lowest BCUT2D eigenvalue weighted by molar-refractivity contribution is 0.0127. The normalized spacial score (nSPS) is 12.6. The van der Waals surface area contributed by atoms with Crippen LogP contribution in [0.3, 0.4) is 0 Å². The number of aromatic nitrogens is 3. The van der Waals surface area contributed by atoms with Gasteiger partial charge in [-0.05, 0) is 45.4 Å².